The lowest BCUT2D eigenvalue weighted by molar-refractivity contribution is 1.07. The van der Waals surface area contributed by atoms with Crippen LogP contribution in [-0.4, -0.2) is 19.5 Å². The van der Waals surface area contributed by atoms with E-state index in [1.54, 1.807) is 0 Å². The second-order valence-electron chi connectivity index (χ2n) is 14.8. The van der Waals surface area contributed by atoms with Gasteiger partial charge in [-0.2, -0.15) is 0 Å². The Bertz CT molecular complexity index is 3260. The second-order valence-corrected chi connectivity index (χ2v) is 14.8. The topological polar surface area (TPSA) is 43.6 Å². The van der Waals surface area contributed by atoms with Gasteiger partial charge in [0.15, 0.2) is 17.5 Å². The lowest BCUT2D eigenvalue weighted by atomic mass is 9.95. The van der Waals surface area contributed by atoms with Crippen LogP contribution < -0.4 is 0 Å². The molecule has 4 nitrogen and oxygen atoms in total. The Balaban J connectivity index is 1.22. The van der Waals surface area contributed by atoms with Crippen LogP contribution in [0.3, 0.4) is 0 Å². The van der Waals surface area contributed by atoms with E-state index in [1.807, 2.05) is 6.07 Å². The summed E-state index contributed by atoms with van der Waals surface area (Å²) in [4.78, 5) is 16.2. The fourth-order valence-electron chi connectivity index (χ4n) is 8.49. The van der Waals surface area contributed by atoms with E-state index in [0.717, 1.165) is 72.2 Å². The molecule has 2 aromatic heterocycles. The zero-order valence-electron chi connectivity index (χ0n) is 32.1. The third-order valence-electron chi connectivity index (χ3n) is 11.3. The minimum absolute atomic E-state index is 0.596. The molecular formula is C55H36N4. The van der Waals surface area contributed by atoms with E-state index in [-0.39, 0.29) is 0 Å². The Labute approximate surface area is 342 Å². The smallest absolute Gasteiger partial charge is 0.166 e. The molecule has 2 heterocycles. The van der Waals surface area contributed by atoms with Crippen LogP contribution in [0.5, 0.6) is 0 Å². The Morgan fingerprint density at radius 2 is 0.763 bits per heavy atom. The summed E-state index contributed by atoms with van der Waals surface area (Å²) in [5, 5.41) is 4.68. The first kappa shape index (κ1) is 34.3. The van der Waals surface area contributed by atoms with Gasteiger partial charge in [-0.25, -0.2) is 15.0 Å². The van der Waals surface area contributed by atoms with Gasteiger partial charge >= 0.3 is 0 Å². The van der Waals surface area contributed by atoms with E-state index in [9.17, 15) is 0 Å². The quantitative estimate of drug-likeness (QED) is 0.163. The number of para-hydroxylation sites is 2. The third kappa shape index (κ3) is 6.15. The molecule has 4 heteroatoms. The molecule has 0 unspecified atom stereocenters. The lowest BCUT2D eigenvalue weighted by Crippen LogP contribution is -2.04. The largest absolute Gasteiger partial charge is 0.308 e. The molecule has 9 aromatic carbocycles. The fourth-order valence-corrected chi connectivity index (χ4v) is 8.49. The van der Waals surface area contributed by atoms with Crippen LogP contribution >= 0.6 is 0 Å². The summed E-state index contributed by atoms with van der Waals surface area (Å²) in [6, 6.07) is 76.9. The molecule has 0 saturated carbocycles. The Hall–Kier alpha value is -7.95. The first-order valence-corrected chi connectivity index (χ1v) is 19.9. The van der Waals surface area contributed by atoms with Gasteiger partial charge in [0.1, 0.15) is 0 Å². The van der Waals surface area contributed by atoms with E-state index >= 15 is 0 Å². The van der Waals surface area contributed by atoms with Crippen molar-refractivity contribution < 1.29 is 0 Å². The zero-order chi connectivity index (χ0) is 39.1. The van der Waals surface area contributed by atoms with Crippen LogP contribution in [0.4, 0.5) is 0 Å². The van der Waals surface area contributed by atoms with Crippen molar-refractivity contribution in [2.45, 2.75) is 0 Å². The van der Waals surface area contributed by atoms with E-state index < -0.39 is 0 Å². The third-order valence-corrected chi connectivity index (χ3v) is 11.3. The molecule has 0 saturated heterocycles. The van der Waals surface area contributed by atoms with E-state index in [4.69, 9.17) is 15.0 Å². The number of nitrogens with zero attached hydrogens (tertiary/aromatic N) is 4. The van der Waals surface area contributed by atoms with Gasteiger partial charge < -0.3 is 4.57 Å². The summed E-state index contributed by atoms with van der Waals surface area (Å²) < 4.78 is 2.37. The predicted molar refractivity (Wildman–Crippen MR) is 244 cm³/mol. The molecule has 11 aromatic rings. The normalized spacial score (nSPS) is 11.4. The molecule has 0 aliphatic carbocycles. The number of aromatic nitrogens is 4. The molecule has 0 radical (unpaired) electrons. The summed E-state index contributed by atoms with van der Waals surface area (Å²) >= 11 is 0. The molecule has 59 heavy (non-hydrogen) atoms. The van der Waals surface area contributed by atoms with Gasteiger partial charge in [0, 0.05) is 27.5 Å². The maximum Gasteiger partial charge on any atom is 0.166 e. The van der Waals surface area contributed by atoms with Crippen molar-refractivity contribution in [1.29, 1.82) is 0 Å². The summed E-state index contributed by atoms with van der Waals surface area (Å²) in [5.74, 6) is 1.81. The van der Waals surface area contributed by atoms with Crippen LogP contribution in [0.15, 0.2) is 218 Å². The average molecular weight is 753 g/mol. The molecule has 276 valence electrons. The van der Waals surface area contributed by atoms with Crippen molar-refractivity contribution in [3.8, 4) is 73.2 Å². The van der Waals surface area contributed by atoms with E-state index in [1.165, 1.54) is 16.2 Å². The van der Waals surface area contributed by atoms with Crippen LogP contribution in [0.2, 0.25) is 0 Å². The van der Waals surface area contributed by atoms with Crippen molar-refractivity contribution in [2.75, 3.05) is 0 Å². The van der Waals surface area contributed by atoms with Crippen LogP contribution in [0, 0.1) is 0 Å². The number of hydrogen-bond acceptors (Lipinski definition) is 3. The van der Waals surface area contributed by atoms with Crippen molar-refractivity contribution in [2.24, 2.45) is 0 Å². The zero-order valence-corrected chi connectivity index (χ0v) is 32.1. The summed E-state index contributed by atoms with van der Waals surface area (Å²) in [7, 11) is 0. The van der Waals surface area contributed by atoms with Gasteiger partial charge in [0.2, 0.25) is 0 Å². The Kier molecular flexibility index (Phi) is 8.45. The summed E-state index contributed by atoms with van der Waals surface area (Å²) in [6.45, 7) is 0. The van der Waals surface area contributed by atoms with E-state index in [2.05, 4.69) is 217 Å². The minimum atomic E-state index is 0.596. The highest BCUT2D eigenvalue weighted by Gasteiger charge is 2.22. The fraction of sp³-hybridized carbons (Fsp3) is 0. The van der Waals surface area contributed by atoms with Crippen molar-refractivity contribution >= 4 is 32.6 Å². The summed E-state index contributed by atoms with van der Waals surface area (Å²) in [5.41, 5.74) is 12.7. The maximum atomic E-state index is 5.44. The van der Waals surface area contributed by atoms with Gasteiger partial charge in [0.25, 0.3) is 0 Å². The molecule has 0 aliphatic heterocycles. The average Bonchev–Trinajstić information content (AvgIpc) is 3.66. The minimum Gasteiger partial charge on any atom is -0.308 e. The molecule has 0 amide bonds. The van der Waals surface area contributed by atoms with Crippen LogP contribution in [0.25, 0.3) is 106 Å². The van der Waals surface area contributed by atoms with Gasteiger partial charge in [-0.3, -0.25) is 0 Å². The van der Waals surface area contributed by atoms with Gasteiger partial charge in [-0.05, 0) is 80.6 Å². The SMILES string of the molecule is c1ccc(-c2ccc(-c3nc(-c4cc(-c5ccccc5)c5ccccc5c4)nc(-c4ccccc4-c4ccccc4)n3)c(-n3c4ccccc4c4ccccc43)c2)cc1. The van der Waals surface area contributed by atoms with Gasteiger partial charge in [-0.1, -0.05) is 182 Å². The summed E-state index contributed by atoms with van der Waals surface area (Å²) in [6.07, 6.45) is 0. The molecule has 0 N–H and O–H groups in total. The van der Waals surface area contributed by atoms with Gasteiger partial charge in [0.05, 0.1) is 16.7 Å². The monoisotopic (exact) mass is 752 g/mol. The second kappa shape index (κ2) is 14.5. The number of fused-ring (bicyclic) bond motifs is 4. The van der Waals surface area contributed by atoms with Crippen molar-refractivity contribution in [3.63, 3.8) is 0 Å². The van der Waals surface area contributed by atoms with Crippen LogP contribution in [0.1, 0.15) is 0 Å². The highest BCUT2D eigenvalue weighted by Crippen LogP contribution is 2.40. The maximum absolute atomic E-state index is 5.44. The molecule has 0 aliphatic rings. The first-order chi connectivity index (χ1) is 29.3. The van der Waals surface area contributed by atoms with Crippen molar-refractivity contribution in [3.05, 3.63) is 218 Å². The molecule has 11 rings (SSSR count). The number of hydrogen-bond donors (Lipinski definition) is 0. The molecule has 0 bridgehead atoms. The predicted octanol–water partition coefficient (Wildman–Crippen LogP) is 14.1. The Morgan fingerprint density at radius 1 is 0.271 bits per heavy atom. The Morgan fingerprint density at radius 3 is 1.42 bits per heavy atom. The highest BCUT2D eigenvalue weighted by molar-refractivity contribution is 6.10. The molecule has 0 atom stereocenters. The van der Waals surface area contributed by atoms with E-state index in [0.29, 0.717) is 17.5 Å². The first-order valence-electron chi connectivity index (χ1n) is 19.9. The standard InChI is InChI=1S/C55H36N4/c1-4-18-37(19-5-1)40-32-33-48(52(36-40)59-50-30-16-14-27-45(50)46-28-15-17-31-51(46)59)55-57-53(56-54(58-55)47-29-13-12-25-43(47)38-20-6-2-7-21-38)42-34-41-24-10-11-26-44(41)49(35-42)39-22-8-3-9-23-39/h1-36H. The van der Waals surface area contributed by atoms with Crippen molar-refractivity contribution in [1.82, 2.24) is 19.5 Å². The number of rotatable bonds is 7. The lowest BCUT2D eigenvalue weighted by Gasteiger charge is -2.17. The molecule has 0 fully saturated rings. The number of benzene rings is 9. The highest BCUT2D eigenvalue weighted by atomic mass is 15.1. The molecular weight excluding hydrogens is 717 g/mol. The van der Waals surface area contributed by atoms with Crippen LogP contribution in [-0.2, 0) is 0 Å². The van der Waals surface area contributed by atoms with Gasteiger partial charge in [-0.15, -0.1) is 0 Å². The molecule has 0 spiro atoms.